The maximum atomic E-state index is 4.04. The second kappa shape index (κ2) is 13.1. The molecule has 0 nitrogen and oxygen atoms in total. The Morgan fingerprint density at radius 2 is 1.10 bits per heavy atom. The van der Waals surface area contributed by atoms with Gasteiger partial charge < -0.3 is 0 Å². The summed E-state index contributed by atoms with van der Waals surface area (Å²) in [6.45, 7) is 23.8. The fourth-order valence-corrected chi connectivity index (χ4v) is 5.98. The van der Waals surface area contributed by atoms with Crippen LogP contribution >= 0.6 is 0 Å². The first-order valence-corrected chi connectivity index (χ1v) is 12.1. The third-order valence-electron chi connectivity index (χ3n) is 7.17. The van der Waals surface area contributed by atoms with Crippen molar-refractivity contribution >= 4 is 0 Å². The van der Waals surface area contributed by atoms with E-state index in [1.807, 2.05) is 13.8 Å². The number of hydrogen-bond acceptors (Lipinski definition) is 0. The molecule has 2 fully saturated rings. The van der Waals surface area contributed by atoms with E-state index in [1.165, 1.54) is 48.8 Å². The van der Waals surface area contributed by atoms with Crippen molar-refractivity contribution in [1.29, 1.82) is 0 Å². The van der Waals surface area contributed by atoms with Crippen LogP contribution in [0.4, 0.5) is 0 Å². The largest absolute Gasteiger partial charge is 0.0961 e. The number of rotatable bonds is 6. The van der Waals surface area contributed by atoms with Gasteiger partial charge in [0, 0.05) is 0 Å². The zero-order valence-corrected chi connectivity index (χ0v) is 21.4. The molecule has 2 atom stereocenters. The van der Waals surface area contributed by atoms with Gasteiger partial charge >= 0.3 is 0 Å². The van der Waals surface area contributed by atoms with Crippen LogP contribution in [-0.2, 0) is 0 Å². The molecule has 0 amide bonds. The van der Waals surface area contributed by atoms with Crippen LogP contribution < -0.4 is 0 Å². The zero-order valence-electron chi connectivity index (χ0n) is 21.4. The van der Waals surface area contributed by atoms with Gasteiger partial charge in [-0.2, -0.15) is 0 Å². The van der Waals surface area contributed by atoms with Crippen LogP contribution in [0.5, 0.6) is 0 Å². The van der Waals surface area contributed by atoms with Crippen LogP contribution in [-0.4, -0.2) is 0 Å². The SMILES string of the molecule is C.C=C(C)/C=C\C(=C/C)C1(C)CC2CC(C1)CC(C)(C(/C=C\C(C)=C/C)=C/C)C2.CC. The Hall–Kier alpha value is -1.56. The van der Waals surface area contributed by atoms with Crippen molar-refractivity contribution in [1.82, 2.24) is 0 Å². The monoisotopic (exact) mass is 424 g/mol. The molecule has 2 aliphatic rings. The summed E-state index contributed by atoms with van der Waals surface area (Å²) in [5.41, 5.74) is 6.13. The van der Waals surface area contributed by atoms with E-state index in [2.05, 4.69) is 97.6 Å². The first-order chi connectivity index (χ1) is 14.2. The Kier molecular flexibility index (Phi) is 12.4. The molecule has 31 heavy (non-hydrogen) atoms. The molecule has 0 radical (unpaired) electrons. The van der Waals surface area contributed by atoms with Gasteiger partial charge in [-0.3, -0.25) is 0 Å². The first kappa shape index (κ1) is 29.4. The van der Waals surface area contributed by atoms with Gasteiger partial charge in [0.15, 0.2) is 0 Å². The minimum atomic E-state index is 0. The Bertz CT molecular complexity index is 705. The van der Waals surface area contributed by atoms with Crippen molar-refractivity contribution in [2.24, 2.45) is 22.7 Å². The van der Waals surface area contributed by atoms with E-state index in [-0.39, 0.29) is 7.43 Å². The maximum absolute atomic E-state index is 4.04. The lowest BCUT2D eigenvalue weighted by Crippen LogP contribution is -2.41. The summed E-state index contributed by atoms with van der Waals surface area (Å²) in [4.78, 5) is 0. The Balaban J connectivity index is 0.00000291. The smallest absolute Gasteiger partial charge is 0.00732 e. The van der Waals surface area contributed by atoms with Crippen LogP contribution in [0, 0.1) is 22.7 Å². The molecule has 0 saturated heterocycles. The highest BCUT2D eigenvalue weighted by Gasteiger charge is 2.47. The maximum Gasteiger partial charge on any atom is -0.00732 e. The molecule has 176 valence electrons. The van der Waals surface area contributed by atoms with E-state index in [9.17, 15) is 0 Å². The third kappa shape index (κ3) is 7.81. The molecule has 2 rings (SSSR count). The lowest BCUT2D eigenvalue weighted by Gasteiger charge is -2.52. The molecule has 2 unspecified atom stereocenters. The molecule has 2 aliphatic carbocycles. The van der Waals surface area contributed by atoms with Crippen LogP contribution in [0.25, 0.3) is 0 Å². The summed E-state index contributed by atoms with van der Waals surface area (Å²) in [7, 11) is 0. The summed E-state index contributed by atoms with van der Waals surface area (Å²) in [5.74, 6) is 1.64. The van der Waals surface area contributed by atoms with Gasteiger partial charge in [-0.25, -0.2) is 0 Å². The second-order valence-electron chi connectivity index (χ2n) is 9.94. The molecule has 0 spiro atoms. The van der Waals surface area contributed by atoms with Crippen molar-refractivity contribution in [3.05, 3.63) is 71.4 Å². The fourth-order valence-electron chi connectivity index (χ4n) is 5.98. The topological polar surface area (TPSA) is 0 Å². The molecule has 2 saturated carbocycles. The highest BCUT2D eigenvalue weighted by Crippen LogP contribution is 2.58. The van der Waals surface area contributed by atoms with Gasteiger partial charge in [0.05, 0.1) is 0 Å². The predicted octanol–water partition coefficient (Wildman–Crippen LogP) is 10.4. The molecule has 0 heteroatoms. The quantitative estimate of drug-likeness (QED) is 0.372. The summed E-state index contributed by atoms with van der Waals surface area (Å²) >= 11 is 0. The van der Waals surface area contributed by atoms with Gasteiger partial charge in [0.25, 0.3) is 0 Å². The lowest BCUT2D eigenvalue weighted by atomic mass is 9.52. The molecule has 0 heterocycles. The van der Waals surface area contributed by atoms with E-state index >= 15 is 0 Å². The predicted molar refractivity (Wildman–Crippen MR) is 144 cm³/mol. The zero-order chi connectivity index (χ0) is 22.9. The Morgan fingerprint density at radius 3 is 1.42 bits per heavy atom. The van der Waals surface area contributed by atoms with Crippen LogP contribution in [0.15, 0.2) is 71.4 Å². The highest BCUT2D eigenvalue weighted by molar-refractivity contribution is 5.34. The van der Waals surface area contributed by atoms with E-state index in [4.69, 9.17) is 0 Å². The fraction of sp³-hybridized carbons (Fsp3) is 0.613. The summed E-state index contributed by atoms with van der Waals surface area (Å²) in [5, 5.41) is 0. The third-order valence-corrected chi connectivity index (χ3v) is 7.17. The van der Waals surface area contributed by atoms with Crippen LogP contribution in [0.2, 0.25) is 0 Å². The van der Waals surface area contributed by atoms with Gasteiger partial charge in [0.1, 0.15) is 0 Å². The molecular weight excluding hydrogens is 372 g/mol. The highest BCUT2D eigenvalue weighted by atomic mass is 14.5. The summed E-state index contributed by atoms with van der Waals surface area (Å²) in [6.07, 6.45) is 22.7. The van der Waals surface area contributed by atoms with Gasteiger partial charge in [-0.15, -0.1) is 0 Å². The molecule has 0 aliphatic heterocycles. The molecule has 0 aromatic heterocycles. The van der Waals surface area contributed by atoms with Crippen LogP contribution in [0.1, 0.15) is 102 Å². The summed E-state index contributed by atoms with van der Waals surface area (Å²) < 4.78 is 0. The van der Waals surface area contributed by atoms with Crippen molar-refractivity contribution in [3.63, 3.8) is 0 Å². The van der Waals surface area contributed by atoms with Crippen molar-refractivity contribution in [3.8, 4) is 0 Å². The lowest BCUT2D eigenvalue weighted by molar-refractivity contribution is 0.0381. The standard InChI is InChI=1S/C28H42.C2H6.CH4/c1-9-22(6)13-15-26(11-3)28(8)19-23-16-24(20-28)18-27(7,17-23)25(10-2)14-12-21(4)5;1-2;/h9-15,23-24H,4,16-20H2,1-3,5-8H3;1-2H3;1H4/b14-12-,15-13-,22-9-,25-10+,26-11+;;. The minimum absolute atomic E-state index is 0. The van der Waals surface area contributed by atoms with E-state index in [0.717, 1.165) is 17.4 Å². The summed E-state index contributed by atoms with van der Waals surface area (Å²) in [6, 6.07) is 0. The van der Waals surface area contributed by atoms with Crippen molar-refractivity contribution < 1.29 is 0 Å². The minimum Gasteiger partial charge on any atom is -0.0961 e. The van der Waals surface area contributed by atoms with Crippen molar-refractivity contribution in [2.75, 3.05) is 0 Å². The Morgan fingerprint density at radius 1 is 0.710 bits per heavy atom. The number of fused-ring (bicyclic) bond motifs is 2. The Labute approximate surface area is 196 Å². The number of hydrogen-bond donors (Lipinski definition) is 0. The molecule has 0 N–H and O–H groups in total. The van der Waals surface area contributed by atoms with Gasteiger partial charge in [-0.05, 0) is 101 Å². The first-order valence-electron chi connectivity index (χ1n) is 12.1. The van der Waals surface area contributed by atoms with E-state index in [0.29, 0.717) is 10.8 Å². The second-order valence-corrected chi connectivity index (χ2v) is 9.94. The number of allylic oxidation sites excluding steroid dienone is 11. The molecule has 0 aromatic rings. The molecular formula is C31H52. The van der Waals surface area contributed by atoms with Crippen LogP contribution in [0.3, 0.4) is 0 Å². The molecule has 2 bridgehead atoms. The van der Waals surface area contributed by atoms with E-state index < -0.39 is 0 Å². The van der Waals surface area contributed by atoms with Gasteiger partial charge in [0.2, 0.25) is 0 Å². The van der Waals surface area contributed by atoms with E-state index in [1.54, 1.807) is 0 Å². The van der Waals surface area contributed by atoms with Crippen molar-refractivity contribution in [2.45, 2.75) is 102 Å². The average molecular weight is 425 g/mol. The van der Waals surface area contributed by atoms with Gasteiger partial charge in [-0.1, -0.05) is 95.4 Å². The average Bonchev–Trinajstić information content (AvgIpc) is 2.68. The molecule has 0 aromatic carbocycles. The normalized spacial score (nSPS) is 31.8.